The van der Waals surface area contributed by atoms with Gasteiger partial charge in [0.1, 0.15) is 0 Å². The van der Waals surface area contributed by atoms with Crippen LogP contribution in [0.25, 0.3) is 0 Å². The fourth-order valence-corrected chi connectivity index (χ4v) is 2.39. The third-order valence-electron chi connectivity index (χ3n) is 3.83. The Labute approximate surface area is 108 Å². The van der Waals surface area contributed by atoms with E-state index in [9.17, 15) is 9.59 Å². The molecule has 0 unspecified atom stereocenters. The Morgan fingerprint density at radius 1 is 1.17 bits per heavy atom. The van der Waals surface area contributed by atoms with E-state index in [0.717, 1.165) is 39.3 Å². The summed E-state index contributed by atoms with van der Waals surface area (Å²) >= 11 is 0. The van der Waals surface area contributed by atoms with Gasteiger partial charge in [-0.2, -0.15) is 0 Å². The van der Waals surface area contributed by atoms with Gasteiger partial charge >= 0.3 is 0 Å². The van der Waals surface area contributed by atoms with Crippen molar-refractivity contribution in [2.24, 2.45) is 0 Å². The van der Waals surface area contributed by atoms with Crippen molar-refractivity contribution >= 4 is 11.8 Å². The van der Waals surface area contributed by atoms with Gasteiger partial charge < -0.3 is 5.32 Å². The quantitative estimate of drug-likeness (QED) is 0.608. The van der Waals surface area contributed by atoms with Gasteiger partial charge in [0.05, 0.1) is 12.1 Å². The standard InChI is InChI=1S/C12H22N4O2/c1-12(2)11(18)14-10(17)9-16(12)8-7-15-5-3-13-4-6-15/h13H,3-9H2,1-2H3,(H,14,17,18). The van der Waals surface area contributed by atoms with Crippen LogP contribution in [-0.2, 0) is 9.59 Å². The van der Waals surface area contributed by atoms with Gasteiger partial charge in [0, 0.05) is 39.3 Å². The van der Waals surface area contributed by atoms with E-state index in [1.54, 1.807) is 0 Å². The Hall–Kier alpha value is -0.980. The molecular weight excluding hydrogens is 232 g/mol. The van der Waals surface area contributed by atoms with E-state index in [-0.39, 0.29) is 11.8 Å². The van der Waals surface area contributed by atoms with Crippen molar-refractivity contribution in [1.29, 1.82) is 0 Å². The maximum atomic E-state index is 11.8. The van der Waals surface area contributed by atoms with E-state index >= 15 is 0 Å². The molecule has 0 aliphatic carbocycles. The van der Waals surface area contributed by atoms with Gasteiger partial charge in [0.2, 0.25) is 11.8 Å². The molecule has 6 nitrogen and oxygen atoms in total. The van der Waals surface area contributed by atoms with Crippen molar-refractivity contribution in [1.82, 2.24) is 20.4 Å². The van der Waals surface area contributed by atoms with Crippen LogP contribution in [0.3, 0.4) is 0 Å². The molecule has 0 saturated carbocycles. The zero-order valence-electron chi connectivity index (χ0n) is 11.2. The number of nitrogens with zero attached hydrogens (tertiary/aromatic N) is 2. The second-order valence-electron chi connectivity index (χ2n) is 5.45. The molecule has 2 N–H and O–H groups in total. The summed E-state index contributed by atoms with van der Waals surface area (Å²) in [6, 6.07) is 0. The number of nitrogens with one attached hydrogen (secondary N) is 2. The summed E-state index contributed by atoms with van der Waals surface area (Å²) < 4.78 is 0. The fraction of sp³-hybridized carbons (Fsp3) is 0.833. The molecule has 102 valence electrons. The van der Waals surface area contributed by atoms with Gasteiger partial charge in [-0.15, -0.1) is 0 Å². The molecule has 0 atom stereocenters. The lowest BCUT2D eigenvalue weighted by molar-refractivity contribution is -0.145. The summed E-state index contributed by atoms with van der Waals surface area (Å²) in [6.07, 6.45) is 0. The Bertz CT molecular complexity index is 337. The lowest BCUT2D eigenvalue weighted by Crippen LogP contribution is -2.65. The summed E-state index contributed by atoms with van der Waals surface area (Å²) in [5.41, 5.74) is -0.595. The minimum atomic E-state index is -0.595. The lowest BCUT2D eigenvalue weighted by atomic mass is 9.99. The zero-order valence-corrected chi connectivity index (χ0v) is 11.2. The number of hydrogen-bond acceptors (Lipinski definition) is 5. The van der Waals surface area contributed by atoms with E-state index in [0.29, 0.717) is 6.54 Å². The minimum absolute atomic E-state index is 0.195. The normalized spacial score (nSPS) is 26.1. The molecule has 2 heterocycles. The summed E-state index contributed by atoms with van der Waals surface area (Å²) in [5.74, 6) is -0.390. The molecule has 2 aliphatic rings. The van der Waals surface area contributed by atoms with Crippen LogP contribution in [0.4, 0.5) is 0 Å². The van der Waals surface area contributed by atoms with Gasteiger partial charge in [-0.3, -0.25) is 24.7 Å². The molecular formula is C12H22N4O2. The van der Waals surface area contributed by atoms with Crippen LogP contribution in [0.5, 0.6) is 0 Å². The van der Waals surface area contributed by atoms with E-state index in [2.05, 4.69) is 15.5 Å². The maximum absolute atomic E-state index is 11.8. The highest BCUT2D eigenvalue weighted by molar-refractivity contribution is 6.02. The van der Waals surface area contributed by atoms with Gasteiger partial charge in [0.15, 0.2) is 0 Å². The molecule has 18 heavy (non-hydrogen) atoms. The Kier molecular flexibility index (Phi) is 3.99. The molecule has 0 bridgehead atoms. The first-order valence-corrected chi connectivity index (χ1v) is 6.52. The number of imide groups is 1. The molecule has 2 saturated heterocycles. The average molecular weight is 254 g/mol. The first-order chi connectivity index (χ1) is 8.50. The van der Waals surface area contributed by atoms with Crippen LogP contribution >= 0.6 is 0 Å². The third kappa shape index (κ3) is 2.88. The SMILES string of the molecule is CC1(C)C(=O)NC(=O)CN1CCN1CCNCC1. The highest BCUT2D eigenvalue weighted by Crippen LogP contribution is 2.17. The lowest BCUT2D eigenvalue weighted by Gasteiger charge is -2.41. The first-order valence-electron chi connectivity index (χ1n) is 6.52. The highest BCUT2D eigenvalue weighted by Gasteiger charge is 2.40. The van der Waals surface area contributed by atoms with Crippen molar-refractivity contribution in [2.75, 3.05) is 45.8 Å². The summed E-state index contributed by atoms with van der Waals surface area (Å²) in [4.78, 5) is 27.5. The summed E-state index contributed by atoms with van der Waals surface area (Å²) in [6.45, 7) is 9.82. The number of rotatable bonds is 3. The molecule has 0 aromatic carbocycles. The van der Waals surface area contributed by atoms with Crippen molar-refractivity contribution in [3.05, 3.63) is 0 Å². The van der Waals surface area contributed by atoms with Crippen LogP contribution in [0.1, 0.15) is 13.8 Å². The number of amides is 2. The van der Waals surface area contributed by atoms with Crippen LogP contribution in [0, 0.1) is 0 Å². The number of hydrogen-bond donors (Lipinski definition) is 2. The van der Waals surface area contributed by atoms with E-state index in [1.807, 2.05) is 18.7 Å². The van der Waals surface area contributed by atoms with E-state index in [1.165, 1.54) is 0 Å². The predicted octanol–water partition coefficient (Wildman–Crippen LogP) is -1.37. The molecule has 2 aliphatic heterocycles. The summed E-state index contributed by atoms with van der Waals surface area (Å²) in [5, 5.41) is 5.70. The second kappa shape index (κ2) is 5.34. The first kappa shape index (κ1) is 13.5. The fourth-order valence-electron chi connectivity index (χ4n) is 2.39. The van der Waals surface area contributed by atoms with Crippen LogP contribution in [0.2, 0.25) is 0 Å². The van der Waals surface area contributed by atoms with Crippen molar-refractivity contribution in [3.8, 4) is 0 Å². The van der Waals surface area contributed by atoms with Crippen molar-refractivity contribution < 1.29 is 9.59 Å². The Balaban J connectivity index is 1.89. The molecule has 0 radical (unpaired) electrons. The van der Waals surface area contributed by atoms with Gasteiger partial charge in [-0.25, -0.2) is 0 Å². The topological polar surface area (TPSA) is 64.7 Å². The number of carbonyl (C=O) groups excluding carboxylic acids is 2. The van der Waals surface area contributed by atoms with Gasteiger partial charge in [-0.05, 0) is 13.8 Å². The maximum Gasteiger partial charge on any atom is 0.246 e. The second-order valence-corrected chi connectivity index (χ2v) is 5.45. The van der Waals surface area contributed by atoms with E-state index in [4.69, 9.17) is 0 Å². The monoisotopic (exact) mass is 254 g/mol. The molecule has 2 amide bonds. The molecule has 0 aromatic heterocycles. The number of carbonyl (C=O) groups is 2. The Morgan fingerprint density at radius 2 is 1.83 bits per heavy atom. The third-order valence-corrected chi connectivity index (χ3v) is 3.83. The minimum Gasteiger partial charge on any atom is -0.314 e. The van der Waals surface area contributed by atoms with Crippen LogP contribution < -0.4 is 10.6 Å². The molecule has 6 heteroatoms. The average Bonchev–Trinajstić information content (AvgIpc) is 2.34. The van der Waals surface area contributed by atoms with Crippen LogP contribution in [-0.4, -0.2) is 73.0 Å². The van der Waals surface area contributed by atoms with Crippen molar-refractivity contribution in [2.45, 2.75) is 19.4 Å². The zero-order chi connectivity index (χ0) is 13.2. The van der Waals surface area contributed by atoms with E-state index < -0.39 is 5.54 Å². The van der Waals surface area contributed by atoms with Gasteiger partial charge in [0.25, 0.3) is 0 Å². The predicted molar refractivity (Wildman–Crippen MR) is 68.1 cm³/mol. The smallest absolute Gasteiger partial charge is 0.246 e. The number of piperazine rings is 2. The highest BCUT2D eigenvalue weighted by atomic mass is 16.2. The van der Waals surface area contributed by atoms with Crippen LogP contribution in [0.15, 0.2) is 0 Å². The molecule has 0 aromatic rings. The Morgan fingerprint density at radius 3 is 2.50 bits per heavy atom. The largest absolute Gasteiger partial charge is 0.314 e. The molecule has 2 rings (SSSR count). The molecule has 0 spiro atoms. The summed E-state index contributed by atoms with van der Waals surface area (Å²) in [7, 11) is 0. The molecule has 2 fully saturated rings. The van der Waals surface area contributed by atoms with Gasteiger partial charge in [-0.1, -0.05) is 0 Å². The van der Waals surface area contributed by atoms with Crippen molar-refractivity contribution in [3.63, 3.8) is 0 Å².